The zero-order chi connectivity index (χ0) is 23.8. The normalized spacial score (nSPS) is 14.0. The largest absolute Gasteiger partial charge is 0.492 e. The van der Waals surface area contributed by atoms with Gasteiger partial charge in [0.1, 0.15) is 12.4 Å². The zero-order valence-electron chi connectivity index (χ0n) is 18.7. The van der Waals surface area contributed by atoms with Crippen molar-refractivity contribution >= 4 is 40.6 Å². The third-order valence-electron chi connectivity index (χ3n) is 5.53. The second-order valence-corrected chi connectivity index (χ2v) is 9.37. The van der Waals surface area contributed by atoms with Gasteiger partial charge in [0.25, 0.3) is 5.91 Å². The lowest BCUT2D eigenvalue weighted by molar-refractivity contribution is 0.0951. The number of hydrogen-bond donors (Lipinski definition) is 2. The molecule has 2 N–H and O–H groups in total. The van der Waals surface area contributed by atoms with Crippen LogP contribution in [0.4, 0.5) is 10.5 Å². The number of nitrogens with one attached hydrogen (secondary N) is 2. The highest BCUT2D eigenvalue weighted by Crippen LogP contribution is 2.16. The number of carbonyl (C=O) groups is 2. The van der Waals surface area contributed by atoms with Crippen LogP contribution in [0.2, 0.25) is 5.02 Å². The van der Waals surface area contributed by atoms with Crippen molar-refractivity contribution in [2.75, 3.05) is 44.6 Å². The summed E-state index contributed by atoms with van der Waals surface area (Å²) < 4.78 is 5.76. The van der Waals surface area contributed by atoms with Crippen LogP contribution in [0.15, 0.2) is 66.0 Å². The second-order valence-electron chi connectivity index (χ2n) is 7.90. The minimum atomic E-state index is -0.168. The van der Waals surface area contributed by atoms with E-state index in [0.717, 1.165) is 30.3 Å². The van der Waals surface area contributed by atoms with E-state index in [-0.39, 0.29) is 11.9 Å². The van der Waals surface area contributed by atoms with Gasteiger partial charge in [-0.05, 0) is 53.9 Å². The molecule has 1 saturated heterocycles. The van der Waals surface area contributed by atoms with E-state index in [0.29, 0.717) is 42.5 Å². The van der Waals surface area contributed by atoms with Gasteiger partial charge in [0.15, 0.2) is 0 Å². The Balaban J connectivity index is 1.19. The first-order valence-corrected chi connectivity index (χ1v) is 12.4. The third-order valence-corrected chi connectivity index (χ3v) is 6.66. The SMILES string of the molecule is O=C(NCc1cccs1)c1cccc(NC(=O)N2CCN(CCOc3ccc(Cl)cc3)CC2)c1. The predicted molar refractivity (Wildman–Crippen MR) is 136 cm³/mol. The van der Waals surface area contributed by atoms with E-state index in [4.69, 9.17) is 16.3 Å². The van der Waals surface area contributed by atoms with Crippen molar-refractivity contribution < 1.29 is 14.3 Å². The Morgan fingerprint density at radius 3 is 2.53 bits per heavy atom. The molecule has 1 fully saturated rings. The number of halogens is 1. The van der Waals surface area contributed by atoms with Crippen LogP contribution in [0, 0.1) is 0 Å². The fourth-order valence-electron chi connectivity index (χ4n) is 3.62. The molecule has 0 spiro atoms. The van der Waals surface area contributed by atoms with Crippen LogP contribution in [0.5, 0.6) is 5.75 Å². The monoisotopic (exact) mass is 498 g/mol. The number of piperazine rings is 1. The zero-order valence-corrected chi connectivity index (χ0v) is 20.3. The summed E-state index contributed by atoms with van der Waals surface area (Å²) in [5.41, 5.74) is 1.12. The molecule has 1 aliphatic rings. The van der Waals surface area contributed by atoms with Gasteiger partial charge in [0.2, 0.25) is 0 Å². The quantitative estimate of drug-likeness (QED) is 0.477. The number of amides is 3. The van der Waals surface area contributed by atoms with Crippen LogP contribution in [0.3, 0.4) is 0 Å². The van der Waals surface area contributed by atoms with Crippen molar-refractivity contribution in [1.29, 1.82) is 0 Å². The number of hydrogen-bond acceptors (Lipinski definition) is 5. The molecule has 3 aromatic rings. The number of carbonyl (C=O) groups excluding carboxylic acids is 2. The molecule has 2 heterocycles. The number of rotatable bonds is 8. The first-order valence-electron chi connectivity index (χ1n) is 11.1. The standard InChI is InChI=1S/C25H27ClN4O3S/c26-20-6-8-22(9-7-20)33-15-14-29-10-12-30(13-11-29)25(32)28-21-4-1-3-19(17-21)24(31)27-18-23-5-2-16-34-23/h1-9,16-17H,10-15,18H2,(H,27,31)(H,28,32). The summed E-state index contributed by atoms with van der Waals surface area (Å²) in [6.07, 6.45) is 0. The van der Waals surface area contributed by atoms with E-state index in [9.17, 15) is 9.59 Å². The van der Waals surface area contributed by atoms with Gasteiger partial charge in [0.05, 0.1) is 6.54 Å². The van der Waals surface area contributed by atoms with Crippen molar-refractivity contribution in [3.05, 3.63) is 81.5 Å². The summed E-state index contributed by atoms with van der Waals surface area (Å²) in [5.74, 6) is 0.628. The fourth-order valence-corrected chi connectivity index (χ4v) is 4.39. The number of urea groups is 1. The Morgan fingerprint density at radius 2 is 1.79 bits per heavy atom. The van der Waals surface area contributed by atoms with Crippen LogP contribution < -0.4 is 15.4 Å². The van der Waals surface area contributed by atoms with E-state index < -0.39 is 0 Å². The van der Waals surface area contributed by atoms with Crippen molar-refractivity contribution in [2.24, 2.45) is 0 Å². The van der Waals surface area contributed by atoms with Crippen LogP contribution in [-0.4, -0.2) is 61.1 Å². The van der Waals surface area contributed by atoms with Crippen molar-refractivity contribution in [3.63, 3.8) is 0 Å². The lowest BCUT2D eigenvalue weighted by Crippen LogP contribution is -2.50. The minimum Gasteiger partial charge on any atom is -0.492 e. The Morgan fingerprint density at radius 1 is 1.00 bits per heavy atom. The molecule has 178 valence electrons. The average molecular weight is 499 g/mol. The van der Waals surface area contributed by atoms with E-state index in [1.54, 1.807) is 40.5 Å². The lowest BCUT2D eigenvalue weighted by atomic mass is 10.2. The molecular weight excluding hydrogens is 472 g/mol. The number of ether oxygens (including phenoxy) is 1. The average Bonchev–Trinajstić information content (AvgIpc) is 3.38. The van der Waals surface area contributed by atoms with Crippen molar-refractivity contribution in [3.8, 4) is 5.75 Å². The number of anilines is 1. The van der Waals surface area contributed by atoms with Gasteiger partial charge in [-0.2, -0.15) is 0 Å². The van der Waals surface area contributed by atoms with E-state index in [1.807, 2.05) is 41.8 Å². The first-order chi connectivity index (χ1) is 16.6. The first kappa shape index (κ1) is 24.1. The molecule has 0 atom stereocenters. The summed E-state index contributed by atoms with van der Waals surface area (Å²) >= 11 is 7.49. The number of nitrogens with zero attached hydrogens (tertiary/aromatic N) is 2. The minimum absolute atomic E-state index is 0.159. The highest BCUT2D eigenvalue weighted by Gasteiger charge is 2.21. The van der Waals surface area contributed by atoms with E-state index in [1.165, 1.54) is 0 Å². The number of thiophene rings is 1. The van der Waals surface area contributed by atoms with Crippen LogP contribution >= 0.6 is 22.9 Å². The summed E-state index contributed by atoms with van der Waals surface area (Å²) in [6.45, 7) is 4.69. The van der Waals surface area contributed by atoms with E-state index in [2.05, 4.69) is 15.5 Å². The van der Waals surface area contributed by atoms with Crippen LogP contribution in [0.1, 0.15) is 15.2 Å². The molecule has 1 aromatic heterocycles. The molecular formula is C25H27ClN4O3S. The fraction of sp³-hybridized carbons (Fsp3) is 0.280. The summed E-state index contributed by atoms with van der Waals surface area (Å²) in [6, 6.07) is 18.1. The van der Waals surface area contributed by atoms with Gasteiger partial charge in [-0.25, -0.2) is 4.79 Å². The van der Waals surface area contributed by atoms with Crippen LogP contribution in [0.25, 0.3) is 0 Å². The molecule has 4 rings (SSSR count). The summed E-state index contributed by atoms with van der Waals surface area (Å²) in [4.78, 5) is 30.3. The van der Waals surface area contributed by atoms with Gasteiger partial charge < -0.3 is 20.3 Å². The Labute approximate surface area is 208 Å². The molecule has 0 saturated carbocycles. The van der Waals surface area contributed by atoms with Crippen LogP contribution in [-0.2, 0) is 6.54 Å². The Kier molecular flexibility index (Phi) is 8.41. The topological polar surface area (TPSA) is 73.9 Å². The number of benzene rings is 2. The van der Waals surface area contributed by atoms with Gasteiger partial charge in [-0.1, -0.05) is 23.7 Å². The molecule has 34 heavy (non-hydrogen) atoms. The molecule has 0 radical (unpaired) electrons. The molecule has 3 amide bonds. The molecule has 9 heteroatoms. The van der Waals surface area contributed by atoms with E-state index >= 15 is 0 Å². The smallest absolute Gasteiger partial charge is 0.321 e. The Hall–Kier alpha value is -3.07. The molecule has 0 aliphatic carbocycles. The maximum absolute atomic E-state index is 12.7. The third kappa shape index (κ3) is 6.96. The highest BCUT2D eigenvalue weighted by molar-refractivity contribution is 7.09. The van der Waals surface area contributed by atoms with Gasteiger partial charge >= 0.3 is 6.03 Å². The highest BCUT2D eigenvalue weighted by atomic mass is 35.5. The summed E-state index contributed by atoms with van der Waals surface area (Å²) in [7, 11) is 0. The molecule has 7 nitrogen and oxygen atoms in total. The Bertz CT molecular complexity index is 1080. The molecule has 2 aromatic carbocycles. The van der Waals surface area contributed by atoms with Crippen molar-refractivity contribution in [1.82, 2.24) is 15.1 Å². The predicted octanol–water partition coefficient (Wildman–Crippen LogP) is 4.56. The second kappa shape index (κ2) is 11.9. The van der Waals surface area contributed by atoms with Gasteiger partial charge in [0, 0.05) is 53.9 Å². The maximum atomic E-state index is 12.7. The molecule has 0 bridgehead atoms. The van der Waals surface area contributed by atoms with Crippen molar-refractivity contribution in [2.45, 2.75) is 6.54 Å². The lowest BCUT2D eigenvalue weighted by Gasteiger charge is -2.34. The van der Waals surface area contributed by atoms with Gasteiger partial charge in [-0.3, -0.25) is 9.69 Å². The maximum Gasteiger partial charge on any atom is 0.321 e. The summed E-state index contributed by atoms with van der Waals surface area (Å²) in [5, 5.41) is 8.49. The van der Waals surface area contributed by atoms with Gasteiger partial charge in [-0.15, -0.1) is 11.3 Å². The molecule has 0 unspecified atom stereocenters. The molecule has 1 aliphatic heterocycles.